The number of nitrogens with one attached hydrogen (secondary N) is 1. The lowest BCUT2D eigenvalue weighted by atomic mass is 9.99. The van der Waals surface area contributed by atoms with E-state index in [0.717, 1.165) is 32.9 Å². The largest absolute Gasteiger partial charge is 0.339 e. The smallest absolute Gasteiger partial charge is 0.280 e. The van der Waals surface area contributed by atoms with Gasteiger partial charge in [-0.05, 0) is 34.4 Å². The Morgan fingerprint density at radius 3 is 2.46 bits per heavy atom. The monoisotopic (exact) mass is 339 g/mol. The number of nitro groups is 1. The van der Waals surface area contributed by atoms with Gasteiger partial charge in [0.2, 0.25) is 0 Å². The van der Waals surface area contributed by atoms with Crippen LogP contribution in [0.2, 0.25) is 0 Å². The summed E-state index contributed by atoms with van der Waals surface area (Å²) in [6.07, 6.45) is 0. The van der Waals surface area contributed by atoms with Gasteiger partial charge in [0.15, 0.2) is 0 Å². The highest BCUT2D eigenvalue weighted by atomic mass is 16.6. The quantitative estimate of drug-likeness (QED) is 0.392. The summed E-state index contributed by atoms with van der Waals surface area (Å²) in [4.78, 5) is 16.0. The van der Waals surface area contributed by atoms with Crippen LogP contribution in [0.15, 0.2) is 77.8 Å². The molecule has 0 aliphatic carbocycles. The molecule has 0 aromatic heterocycles. The van der Waals surface area contributed by atoms with Crippen LogP contribution in [0.4, 0.5) is 17.1 Å². The van der Waals surface area contributed by atoms with E-state index in [1.165, 1.54) is 0 Å². The first-order valence-corrected chi connectivity index (χ1v) is 8.26. The Morgan fingerprint density at radius 2 is 1.62 bits per heavy atom. The minimum Gasteiger partial charge on any atom is -0.339 e. The van der Waals surface area contributed by atoms with Crippen LogP contribution in [0, 0.1) is 10.1 Å². The van der Waals surface area contributed by atoms with Gasteiger partial charge in [-0.25, -0.2) is 4.99 Å². The molecule has 124 valence electrons. The number of hydrogen-bond donors (Lipinski definition) is 1. The lowest BCUT2D eigenvalue weighted by Gasteiger charge is -2.20. The Balaban J connectivity index is 1.84. The number of benzene rings is 4. The van der Waals surface area contributed by atoms with Gasteiger partial charge in [-0.1, -0.05) is 48.5 Å². The van der Waals surface area contributed by atoms with E-state index in [0.29, 0.717) is 11.4 Å². The summed E-state index contributed by atoms with van der Waals surface area (Å²) in [6.45, 7) is 0. The minimum atomic E-state index is -0.354. The van der Waals surface area contributed by atoms with Crippen LogP contribution in [-0.4, -0.2) is 10.8 Å². The molecule has 0 bridgehead atoms. The van der Waals surface area contributed by atoms with Crippen LogP contribution >= 0.6 is 0 Å². The van der Waals surface area contributed by atoms with Crippen molar-refractivity contribution in [3.8, 4) is 0 Å². The molecule has 1 N–H and O–H groups in total. The van der Waals surface area contributed by atoms with E-state index >= 15 is 0 Å². The highest BCUT2D eigenvalue weighted by molar-refractivity contribution is 6.24. The molecule has 4 aromatic carbocycles. The summed E-state index contributed by atoms with van der Waals surface area (Å²) in [5, 5.41) is 18.8. The van der Waals surface area contributed by atoms with Gasteiger partial charge in [-0.15, -0.1) is 0 Å². The number of anilines is 1. The molecule has 0 amide bonds. The first-order chi connectivity index (χ1) is 12.7. The van der Waals surface area contributed by atoms with Crippen molar-refractivity contribution in [2.24, 2.45) is 4.99 Å². The predicted octanol–water partition coefficient (Wildman–Crippen LogP) is 5.41. The zero-order valence-corrected chi connectivity index (χ0v) is 13.6. The number of rotatable bonds is 2. The molecule has 0 fully saturated rings. The molecule has 0 saturated carbocycles. The molecular formula is C21H13N3O2. The average Bonchev–Trinajstić information content (AvgIpc) is 2.67. The van der Waals surface area contributed by atoms with Gasteiger partial charge in [0.1, 0.15) is 11.4 Å². The fourth-order valence-electron chi connectivity index (χ4n) is 3.57. The number of fused-ring (bicyclic) bond motifs is 1. The van der Waals surface area contributed by atoms with Crippen molar-refractivity contribution < 1.29 is 4.92 Å². The molecule has 5 rings (SSSR count). The predicted molar refractivity (Wildman–Crippen MR) is 104 cm³/mol. The van der Waals surface area contributed by atoms with Crippen molar-refractivity contribution >= 4 is 44.4 Å². The third-order valence-corrected chi connectivity index (χ3v) is 4.71. The summed E-state index contributed by atoms with van der Waals surface area (Å²) in [5.74, 6) is 0.500. The Hall–Kier alpha value is -3.73. The zero-order chi connectivity index (χ0) is 17.7. The summed E-state index contributed by atoms with van der Waals surface area (Å²) < 4.78 is 0. The number of nitro benzene ring substituents is 1. The number of hydrogen-bond acceptors (Lipinski definition) is 4. The van der Waals surface area contributed by atoms with Crippen LogP contribution in [0.1, 0.15) is 5.56 Å². The number of amidine groups is 1. The van der Waals surface area contributed by atoms with Crippen molar-refractivity contribution in [3.05, 3.63) is 88.5 Å². The van der Waals surface area contributed by atoms with Crippen molar-refractivity contribution in [1.82, 2.24) is 0 Å². The van der Waals surface area contributed by atoms with Crippen LogP contribution in [0.25, 0.3) is 21.5 Å². The van der Waals surface area contributed by atoms with Gasteiger partial charge in [0.05, 0.1) is 10.6 Å². The molecular weight excluding hydrogens is 326 g/mol. The van der Waals surface area contributed by atoms with Crippen LogP contribution in [-0.2, 0) is 0 Å². The molecule has 1 aliphatic rings. The van der Waals surface area contributed by atoms with Crippen LogP contribution in [0.3, 0.4) is 0 Å². The molecule has 0 radical (unpaired) electrons. The van der Waals surface area contributed by atoms with Gasteiger partial charge >= 0.3 is 0 Å². The fraction of sp³-hybridized carbons (Fsp3) is 0. The van der Waals surface area contributed by atoms with Crippen molar-refractivity contribution in [2.75, 3.05) is 5.32 Å². The summed E-state index contributed by atoms with van der Waals surface area (Å²) in [7, 11) is 0. The molecule has 0 spiro atoms. The molecule has 5 heteroatoms. The van der Waals surface area contributed by atoms with Gasteiger partial charge in [-0.2, -0.15) is 0 Å². The zero-order valence-electron chi connectivity index (χ0n) is 13.6. The summed E-state index contributed by atoms with van der Waals surface area (Å²) >= 11 is 0. The standard InChI is InChI=1S/C21H13N3O2/c25-24(26)18-12-11-13-5-1-2-8-15(13)20(18)21-22-16-9-3-6-14-7-4-10-17(23-21)19(14)16/h1-12H,(H,22,23). The van der Waals surface area contributed by atoms with E-state index < -0.39 is 0 Å². The Morgan fingerprint density at radius 1 is 0.846 bits per heavy atom. The van der Waals surface area contributed by atoms with E-state index in [-0.39, 0.29) is 10.6 Å². The van der Waals surface area contributed by atoms with Gasteiger partial charge in [-0.3, -0.25) is 10.1 Å². The van der Waals surface area contributed by atoms with E-state index in [1.807, 2.05) is 60.7 Å². The van der Waals surface area contributed by atoms with E-state index in [2.05, 4.69) is 5.32 Å². The lowest BCUT2D eigenvalue weighted by Crippen LogP contribution is -2.18. The van der Waals surface area contributed by atoms with Crippen LogP contribution in [0.5, 0.6) is 0 Å². The molecule has 1 aliphatic heterocycles. The van der Waals surface area contributed by atoms with Gasteiger partial charge < -0.3 is 5.32 Å². The minimum absolute atomic E-state index is 0.0431. The molecule has 0 atom stereocenters. The topological polar surface area (TPSA) is 67.5 Å². The maximum Gasteiger partial charge on any atom is 0.280 e. The Labute approximate surface area is 148 Å². The molecule has 5 nitrogen and oxygen atoms in total. The Bertz CT molecular complexity index is 1240. The first kappa shape index (κ1) is 14.6. The second-order valence-corrected chi connectivity index (χ2v) is 6.20. The van der Waals surface area contributed by atoms with E-state index in [9.17, 15) is 10.1 Å². The van der Waals surface area contributed by atoms with E-state index in [4.69, 9.17) is 4.99 Å². The summed E-state index contributed by atoms with van der Waals surface area (Å²) in [6, 6.07) is 22.8. The van der Waals surface area contributed by atoms with Crippen LogP contribution < -0.4 is 5.32 Å². The Kier molecular flexibility index (Phi) is 3.03. The van der Waals surface area contributed by atoms with Crippen molar-refractivity contribution in [1.29, 1.82) is 0 Å². The molecule has 1 heterocycles. The average molecular weight is 339 g/mol. The second-order valence-electron chi connectivity index (χ2n) is 6.20. The van der Waals surface area contributed by atoms with Crippen molar-refractivity contribution in [2.45, 2.75) is 0 Å². The van der Waals surface area contributed by atoms with Gasteiger partial charge in [0, 0.05) is 17.1 Å². The maximum atomic E-state index is 11.7. The third-order valence-electron chi connectivity index (χ3n) is 4.71. The fourth-order valence-corrected chi connectivity index (χ4v) is 3.57. The van der Waals surface area contributed by atoms with E-state index in [1.54, 1.807) is 12.1 Å². The second kappa shape index (κ2) is 5.39. The van der Waals surface area contributed by atoms with Crippen molar-refractivity contribution in [3.63, 3.8) is 0 Å². The summed E-state index contributed by atoms with van der Waals surface area (Å²) in [5.41, 5.74) is 2.28. The molecule has 4 aromatic rings. The maximum absolute atomic E-state index is 11.7. The molecule has 0 saturated heterocycles. The highest BCUT2D eigenvalue weighted by Gasteiger charge is 2.24. The normalized spacial score (nSPS) is 12.7. The SMILES string of the molecule is O=[N+]([O-])c1ccc2ccccc2c1C1=Nc2cccc3cccc(c23)N1. The third kappa shape index (κ3) is 2.07. The first-order valence-electron chi connectivity index (χ1n) is 8.26. The molecule has 26 heavy (non-hydrogen) atoms. The number of nitrogens with zero attached hydrogens (tertiary/aromatic N) is 2. The molecule has 0 unspecified atom stereocenters. The highest BCUT2D eigenvalue weighted by Crippen LogP contribution is 2.38. The lowest BCUT2D eigenvalue weighted by molar-refractivity contribution is -0.384. The van der Waals surface area contributed by atoms with Gasteiger partial charge in [0.25, 0.3) is 5.69 Å². The number of aliphatic imine (C=N–C) groups is 1.